The Balaban J connectivity index is 1.33. The number of aryl methyl sites for hydroxylation is 1. The second kappa shape index (κ2) is 10.0. The number of hydrogen-bond acceptors (Lipinski definition) is 5. The van der Waals surface area contributed by atoms with Gasteiger partial charge in [0.05, 0.1) is 16.1 Å². The van der Waals surface area contributed by atoms with Crippen molar-refractivity contribution in [3.63, 3.8) is 0 Å². The first-order valence-corrected chi connectivity index (χ1v) is 10.9. The Morgan fingerprint density at radius 3 is 2.91 bits per heavy atom. The van der Waals surface area contributed by atoms with E-state index in [-0.39, 0.29) is 24.5 Å². The fraction of sp³-hybridized carbons (Fsp3) is 0.348. The number of fused-ring (bicyclic) bond motifs is 1. The number of carbonyl (C=O) groups excluding carboxylic acids is 2. The molecule has 2 N–H and O–H groups in total. The van der Waals surface area contributed by atoms with Crippen LogP contribution in [0.15, 0.2) is 42.5 Å². The number of carbonyl (C=O) groups is 2. The molecule has 0 bridgehead atoms. The van der Waals surface area contributed by atoms with E-state index in [1.165, 1.54) is 0 Å². The van der Waals surface area contributed by atoms with Crippen molar-refractivity contribution in [2.45, 2.75) is 25.4 Å². The van der Waals surface area contributed by atoms with Gasteiger partial charge in [0, 0.05) is 32.3 Å². The minimum absolute atomic E-state index is 0.0646. The highest BCUT2D eigenvalue weighted by Gasteiger charge is 2.23. The summed E-state index contributed by atoms with van der Waals surface area (Å²) in [6.07, 6.45) is 1.96. The SMILES string of the molecule is Cn1c(CCNC(=O)[C@H]2CCCO2)nc2cc(NC(=O)COc3ccccc3Cl)ccc21. The van der Waals surface area contributed by atoms with Gasteiger partial charge in [0.2, 0.25) is 5.91 Å². The Labute approximate surface area is 190 Å². The van der Waals surface area contributed by atoms with Crippen LogP contribution in [-0.2, 0) is 27.8 Å². The molecule has 1 aliphatic heterocycles. The van der Waals surface area contributed by atoms with Crippen LogP contribution in [0.4, 0.5) is 5.69 Å². The lowest BCUT2D eigenvalue weighted by molar-refractivity contribution is -0.130. The van der Waals surface area contributed by atoms with Gasteiger partial charge in [-0.1, -0.05) is 23.7 Å². The number of anilines is 1. The van der Waals surface area contributed by atoms with Crippen LogP contribution >= 0.6 is 11.6 Å². The zero-order chi connectivity index (χ0) is 22.5. The first-order chi connectivity index (χ1) is 15.5. The molecule has 9 heteroatoms. The number of amides is 2. The number of nitrogens with one attached hydrogen (secondary N) is 2. The highest BCUT2D eigenvalue weighted by Crippen LogP contribution is 2.23. The first-order valence-electron chi connectivity index (χ1n) is 10.5. The molecule has 3 aromatic rings. The largest absolute Gasteiger partial charge is 0.482 e. The van der Waals surface area contributed by atoms with Crippen molar-refractivity contribution >= 4 is 40.1 Å². The molecule has 32 heavy (non-hydrogen) atoms. The van der Waals surface area contributed by atoms with Crippen LogP contribution < -0.4 is 15.4 Å². The average molecular weight is 457 g/mol. The Morgan fingerprint density at radius 1 is 1.28 bits per heavy atom. The van der Waals surface area contributed by atoms with E-state index in [0.29, 0.717) is 36.0 Å². The summed E-state index contributed by atoms with van der Waals surface area (Å²) in [5.74, 6) is 0.946. The minimum Gasteiger partial charge on any atom is -0.482 e. The maximum Gasteiger partial charge on any atom is 0.262 e. The predicted octanol–water partition coefficient (Wildman–Crippen LogP) is 3.08. The molecule has 2 amide bonds. The topological polar surface area (TPSA) is 94.5 Å². The van der Waals surface area contributed by atoms with Crippen molar-refractivity contribution in [3.05, 3.63) is 53.3 Å². The van der Waals surface area contributed by atoms with Gasteiger partial charge in [-0.15, -0.1) is 0 Å². The number of para-hydroxylation sites is 1. The third kappa shape index (κ3) is 5.20. The summed E-state index contributed by atoms with van der Waals surface area (Å²) in [5, 5.41) is 6.18. The summed E-state index contributed by atoms with van der Waals surface area (Å²) in [5.41, 5.74) is 2.33. The number of ether oxygens (including phenoxy) is 2. The van der Waals surface area contributed by atoms with Crippen molar-refractivity contribution in [3.8, 4) is 5.75 Å². The third-order valence-electron chi connectivity index (χ3n) is 5.32. The van der Waals surface area contributed by atoms with E-state index in [1.807, 2.05) is 29.8 Å². The Kier molecular flexibility index (Phi) is 6.92. The van der Waals surface area contributed by atoms with Gasteiger partial charge in [0.25, 0.3) is 5.91 Å². The molecule has 0 unspecified atom stereocenters. The number of imidazole rings is 1. The summed E-state index contributed by atoms with van der Waals surface area (Å²) in [6, 6.07) is 12.5. The van der Waals surface area contributed by atoms with Crippen LogP contribution in [0.1, 0.15) is 18.7 Å². The molecule has 0 saturated carbocycles. The standard InChI is InChI=1S/C23H25ClN4O4/c1-28-18-9-8-15(26-22(29)14-32-19-6-3-2-5-16(19)24)13-17(18)27-21(28)10-11-25-23(30)20-7-4-12-31-20/h2-3,5-6,8-9,13,20H,4,7,10-12,14H2,1H3,(H,25,30)(H,26,29)/t20-/m1/s1. The third-order valence-corrected chi connectivity index (χ3v) is 5.63. The number of halogens is 1. The molecule has 168 valence electrons. The fourth-order valence-electron chi connectivity index (χ4n) is 3.65. The van der Waals surface area contributed by atoms with E-state index in [1.54, 1.807) is 24.3 Å². The van der Waals surface area contributed by atoms with E-state index in [2.05, 4.69) is 15.6 Å². The van der Waals surface area contributed by atoms with Gasteiger partial charge in [-0.3, -0.25) is 9.59 Å². The van der Waals surface area contributed by atoms with E-state index in [9.17, 15) is 9.59 Å². The van der Waals surface area contributed by atoms with Gasteiger partial charge in [-0.25, -0.2) is 4.98 Å². The van der Waals surface area contributed by atoms with Crippen LogP contribution in [0.2, 0.25) is 5.02 Å². The second-order valence-electron chi connectivity index (χ2n) is 7.60. The van der Waals surface area contributed by atoms with Crippen molar-refractivity contribution in [1.82, 2.24) is 14.9 Å². The summed E-state index contributed by atoms with van der Waals surface area (Å²) in [4.78, 5) is 29.0. The smallest absolute Gasteiger partial charge is 0.262 e. The number of aromatic nitrogens is 2. The normalized spacial score (nSPS) is 15.6. The molecule has 1 fully saturated rings. The maximum atomic E-state index is 12.3. The van der Waals surface area contributed by atoms with Crippen molar-refractivity contribution in [1.29, 1.82) is 0 Å². The van der Waals surface area contributed by atoms with E-state index in [4.69, 9.17) is 21.1 Å². The molecular weight excluding hydrogens is 432 g/mol. The van der Waals surface area contributed by atoms with Gasteiger partial charge in [-0.2, -0.15) is 0 Å². The number of nitrogens with zero attached hydrogens (tertiary/aromatic N) is 2. The summed E-state index contributed by atoms with van der Waals surface area (Å²) in [6.45, 7) is 0.978. The zero-order valence-corrected chi connectivity index (χ0v) is 18.5. The van der Waals surface area contributed by atoms with E-state index in [0.717, 1.165) is 29.7 Å². The average Bonchev–Trinajstić information content (AvgIpc) is 3.42. The Bertz CT molecular complexity index is 1120. The van der Waals surface area contributed by atoms with Crippen LogP contribution in [0.3, 0.4) is 0 Å². The molecule has 1 saturated heterocycles. The molecule has 2 aromatic carbocycles. The number of rotatable bonds is 8. The summed E-state index contributed by atoms with van der Waals surface area (Å²) >= 11 is 6.04. The molecule has 0 radical (unpaired) electrons. The lowest BCUT2D eigenvalue weighted by Crippen LogP contribution is -2.35. The lowest BCUT2D eigenvalue weighted by atomic mass is 10.2. The predicted molar refractivity (Wildman–Crippen MR) is 122 cm³/mol. The molecule has 8 nitrogen and oxygen atoms in total. The number of hydrogen-bond donors (Lipinski definition) is 2. The quantitative estimate of drug-likeness (QED) is 0.543. The maximum absolute atomic E-state index is 12.3. The molecule has 4 rings (SSSR count). The highest BCUT2D eigenvalue weighted by molar-refractivity contribution is 6.32. The fourth-order valence-corrected chi connectivity index (χ4v) is 3.84. The minimum atomic E-state index is -0.330. The molecule has 1 aliphatic rings. The molecule has 0 spiro atoms. The summed E-state index contributed by atoms with van der Waals surface area (Å²) in [7, 11) is 1.93. The van der Waals surface area contributed by atoms with Crippen LogP contribution in [0.5, 0.6) is 5.75 Å². The molecule has 2 heterocycles. The molecule has 1 aromatic heterocycles. The van der Waals surface area contributed by atoms with Crippen molar-refractivity contribution in [2.75, 3.05) is 25.1 Å². The van der Waals surface area contributed by atoms with E-state index < -0.39 is 0 Å². The highest BCUT2D eigenvalue weighted by atomic mass is 35.5. The van der Waals surface area contributed by atoms with Gasteiger partial charge >= 0.3 is 0 Å². The summed E-state index contributed by atoms with van der Waals surface area (Å²) < 4.78 is 12.9. The van der Waals surface area contributed by atoms with E-state index >= 15 is 0 Å². The Hall–Kier alpha value is -3.10. The zero-order valence-electron chi connectivity index (χ0n) is 17.8. The number of benzene rings is 2. The Morgan fingerprint density at radius 2 is 2.12 bits per heavy atom. The van der Waals surface area contributed by atoms with Crippen LogP contribution in [-0.4, -0.2) is 47.2 Å². The monoisotopic (exact) mass is 456 g/mol. The molecule has 0 aliphatic carbocycles. The second-order valence-corrected chi connectivity index (χ2v) is 8.01. The molecule has 1 atom stereocenters. The van der Waals surface area contributed by atoms with Crippen LogP contribution in [0, 0.1) is 0 Å². The first kappa shape index (κ1) is 22.1. The van der Waals surface area contributed by atoms with Gasteiger partial charge in [0.1, 0.15) is 17.7 Å². The van der Waals surface area contributed by atoms with Gasteiger partial charge < -0.3 is 24.7 Å². The molecular formula is C23H25ClN4O4. The van der Waals surface area contributed by atoms with Gasteiger partial charge in [-0.05, 0) is 43.2 Å². The lowest BCUT2D eigenvalue weighted by Gasteiger charge is -2.10. The van der Waals surface area contributed by atoms with Crippen molar-refractivity contribution in [2.24, 2.45) is 7.05 Å². The van der Waals surface area contributed by atoms with Crippen molar-refractivity contribution < 1.29 is 19.1 Å². The van der Waals surface area contributed by atoms with Gasteiger partial charge in [0.15, 0.2) is 6.61 Å². The van der Waals surface area contributed by atoms with Crippen LogP contribution in [0.25, 0.3) is 11.0 Å².